The lowest BCUT2D eigenvalue weighted by atomic mass is 10.2. The molecule has 0 saturated heterocycles. The van der Waals surface area contributed by atoms with E-state index in [1.165, 1.54) is 58.6 Å². The van der Waals surface area contributed by atoms with Crippen molar-refractivity contribution in [1.82, 2.24) is 9.13 Å². The topological polar surface area (TPSA) is 9.86 Å². The number of fused-ring (bicyclic) bond motifs is 6. The van der Waals surface area contributed by atoms with Crippen LogP contribution in [-0.2, 0) is 0 Å². The van der Waals surface area contributed by atoms with Crippen molar-refractivity contribution in [2.45, 2.75) is 0 Å². The van der Waals surface area contributed by atoms with E-state index in [0.717, 1.165) is 4.47 Å². The second-order valence-corrected chi connectivity index (χ2v) is 11.7. The molecule has 0 unspecified atom stereocenters. The zero-order valence-electron chi connectivity index (χ0n) is 21.5. The van der Waals surface area contributed by atoms with E-state index in [-0.39, 0.29) is 0 Å². The van der Waals surface area contributed by atoms with Gasteiger partial charge < -0.3 is 9.13 Å². The van der Waals surface area contributed by atoms with E-state index >= 15 is 0 Å². The Labute approximate surface area is 254 Å². The number of hydrogen-bond donors (Lipinski definition) is 0. The van der Waals surface area contributed by atoms with Gasteiger partial charge in [-0.3, -0.25) is 0 Å². The van der Waals surface area contributed by atoms with Crippen LogP contribution in [0, 0.1) is 3.57 Å². The Morgan fingerprint density at radius 1 is 0.375 bits per heavy atom. The van der Waals surface area contributed by atoms with Crippen molar-refractivity contribution in [3.05, 3.63) is 154 Å². The van der Waals surface area contributed by atoms with Gasteiger partial charge in [0.05, 0.1) is 33.4 Å². The molecule has 6 aromatic carbocycles. The minimum atomic E-state index is 1.10. The van der Waals surface area contributed by atoms with E-state index in [4.69, 9.17) is 0 Å². The predicted octanol–water partition coefficient (Wildman–Crippen LogP) is 10.9. The van der Waals surface area contributed by atoms with Gasteiger partial charge in [0.2, 0.25) is 0 Å². The average Bonchev–Trinajstić information content (AvgIpc) is 3.51. The quantitative estimate of drug-likeness (QED) is 0.160. The zero-order chi connectivity index (χ0) is 27.1. The molecule has 0 fully saturated rings. The molecule has 0 atom stereocenters. The van der Waals surface area contributed by atoms with Gasteiger partial charge in [0.15, 0.2) is 0 Å². The Kier molecular flexibility index (Phi) is 6.66. The van der Waals surface area contributed by atoms with E-state index in [1.807, 2.05) is 6.07 Å². The number of nitrogens with zero attached hydrogens (tertiary/aromatic N) is 2. The second kappa shape index (κ2) is 10.6. The summed E-state index contributed by atoms with van der Waals surface area (Å²) in [4.78, 5) is 0. The summed E-state index contributed by atoms with van der Waals surface area (Å²) in [5.41, 5.74) is 7.41. The van der Waals surface area contributed by atoms with E-state index in [0.29, 0.717) is 0 Å². The molecule has 2 aromatic heterocycles. The van der Waals surface area contributed by atoms with Gasteiger partial charge in [-0.05, 0) is 87.1 Å². The summed E-state index contributed by atoms with van der Waals surface area (Å²) in [5.74, 6) is 0. The van der Waals surface area contributed by atoms with Crippen LogP contribution in [0.3, 0.4) is 0 Å². The van der Waals surface area contributed by atoms with Gasteiger partial charge in [-0.25, -0.2) is 0 Å². The van der Waals surface area contributed by atoms with Gasteiger partial charge in [0.1, 0.15) is 0 Å². The Morgan fingerprint density at radius 2 is 0.700 bits per heavy atom. The molecule has 0 aliphatic rings. The highest BCUT2D eigenvalue weighted by Gasteiger charge is 2.13. The summed E-state index contributed by atoms with van der Waals surface area (Å²) in [6.45, 7) is 0. The minimum absolute atomic E-state index is 1.10. The lowest BCUT2D eigenvalue weighted by molar-refractivity contribution is 1.17. The van der Waals surface area contributed by atoms with Crippen LogP contribution in [0.2, 0.25) is 0 Å². The fourth-order valence-electron chi connectivity index (χ4n) is 5.63. The van der Waals surface area contributed by atoms with Crippen LogP contribution in [0.4, 0.5) is 0 Å². The maximum Gasteiger partial charge on any atom is 0.0604 e. The summed E-state index contributed by atoms with van der Waals surface area (Å²) in [6, 6.07) is 51.2. The van der Waals surface area contributed by atoms with Crippen LogP contribution in [0.1, 0.15) is 0 Å². The molecule has 2 heterocycles. The molecule has 0 bridgehead atoms. The first-order valence-corrected chi connectivity index (χ1v) is 15.1. The van der Waals surface area contributed by atoms with Crippen LogP contribution in [-0.4, -0.2) is 9.13 Å². The van der Waals surface area contributed by atoms with Gasteiger partial charge >= 0.3 is 0 Å². The van der Waals surface area contributed by atoms with Crippen molar-refractivity contribution in [2.75, 3.05) is 0 Å². The third-order valence-corrected chi connectivity index (χ3v) is 8.93. The zero-order valence-corrected chi connectivity index (χ0v) is 25.3. The highest BCUT2D eigenvalue weighted by Crippen LogP contribution is 2.35. The fraction of sp³-hybridized carbons (Fsp3) is 0. The maximum atomic E-state index is 3.67. The molecule has 0 aliphatic heterocycles. The van der Waals surface area contributed by atoms with Crippen molar-refractivity contribution >= 4 is 82.1 Å². The lowest BCUT2D eigenvalue weighted by Gasteiger charge is -2.09. The lowest BCUT2D eigenvalue weighted by Crippen LogP contribution is -1.95. The maximum absolute atomic E-state index is 3.67. The molecular weight excluding hydrogens is 667 g/mol. The smallest absolute Gasteiger partial charge is 0.0604 e. The Bertz CT molecular complexity index is 1890. The molecule has 0 spiro atoms. The molecule has 192 valence electrons. The monoisotopic (exact) mass is 690 g/mol. The van der Waals surface area contributed by atoms with Crippen LogP contribution in [0.5, 0.6) is 0 Å². The highest BCUT2D eigenvalue weighted by atomic mass is 127. The molecule has 0 N–H and O–H groups in total. The number of halogens is 2. The average molecular weight is 691 g/mol. The Morgan fingerprint density at radius 3 is 1.12 bits per heavy atom. The number of para-hydroxylation sites is 6. The third kappa shape index (κ3) is 4.23. The first-order valence-electron chi connectivity index (χ1n) is 13.2. The molecule has 2 nitrogen and oxygen atoms in total. The first-order chi connectivity index (χ1) is 19.7. The summed E-state index contributed by atoms with van der Waals surface area (Å²) >= 11 is 6.07. The Hall–Kier alpha value is -3.87. The molecule has 0 radical (unpaired) electrons. The molecule has 0 saturated carbocycles. The normalized spacial score (nSPS) is 11.2. The molecule has 8 rings (SSSR count). The Balaban J connectivity index is 0.000000132. The molecule has 0 amide bonds. The highest BCUT2D eigenvalue weighted by molar-refractivity contribution is 14.1. The second-order valence-electron chi connectivity index (χ2n) is 9.64. The van der Waals surface area contributed by atoms with E-state index < -0.39 is 0 Å². The molecule has 8 aromatic rings. The van der Waals surface area contributed by atoms with Crippen LogP contribution in [0.25, 0.3) is 55.0 Å². The summed E-state index contributed by atoms with van der Waals surface area (Å²) in [7, 11) is 0. The van der Waals surface area contributed by atoms with E-state index in [2.05, 4.69) is 187 Å². The molecule has 4 heteroatoms. The fourth-order valence-corrected chi connectivity index (χ4v) is 6.72. The molecular formula is C36H24BrIN2. The van der Waals surface area contributed by atoms with Crippen molar-refractivity contribution in [3.63, 3.8) is 0 Å². The van der Waals surface area contributed by atoms with E-state index in [9.17, 15) is 0 Å². The van der Waals surface area contributed by atoms with Gasteiger partial charge in [0, 0.05) is 29.6 Å². The number of aromatic nitrogens is 2. The summed E-state index contributed by atoms with van der Waals surface area (Å²) in [6.07, 6.45) is 0. The largest absolute Gasteiger partial charge is 0.308 e. The number of benzene rings is 6. The standard InChI is InChI=1S/C18H12BrN.C18H12IN/c2*19-15-9-3-6-12-18(15)20-16-10-4-1-7-13(16)14-8-2-5-11-17(14)20/h2*1-12H. The van der Waals surface area contributed by atoms with Crippen LogP contribution < -0.4 is 0 Å². The van der Waals surface area contributed by atoms with Crippen LogP contribution >= 0.6 is 38.5 Å². The van der Waals surface area contributed by atoms with Crippen molar-refractivity contribution in [3.8, 4) is 11.4 Å². The summed E-state index contributed by atoms with van der Waals surface area (Å²) in [5, 5.41) is 5.20. The van der Waals surface area contributed by atoms with E-state index in [1.54, 1.807) is 0 Å². The summed E-state index contributed by atoms with van der Waals surface area (Å²) < 4.78 is 7.03. The third-order valence-electron chi connectivity index (χ3n) is 7.35. The van der Waals surface area contributed by atoms with Crippen molar-refractivity contribution in [2.24, 2.45) is 0 Å². The van der Waals surface area contributed by atoms with Crippen molar-refractivity contribution < 1.29 is 0 Å². The van der Waals surface area contributed by atoms with Gasteiger partial charge in [0.25, 0.3) is 0 Å². The number of rotatable bonds is 2. The number of hydrogen-bond acceptors (Lipinski definition) is 0. The van der Waals surface area contributed by atoms with Crippen LogP contribution in [0.15, 0.2) is 150 Å². The van der Waals surface area contributed by atoms with Crippen molar-refractivity contribution in [1.29, 1.82) is 0 Å². The predicted molar refractivity (Wildman–Crippen MR) is 182 cm³/mol. The van der Waals surface area contributed by atoms with Gasteiger partial charge in [-0.15, -0.1) is 0 Å². The minimum Gasteiger partial charge on any atom is -0.308 e. The van der Waals surface area contributed by atoms with Gasteiger partial charge in [-0.1, -0.05) is 97.1 Å². The first kappa shape index (κ1) is 25.1. The molecule has 40 heavy (non-hydrogen) atoms. The molecule has 0 aliphatic carbocycles. The SMILES string of the molecule is Brc1ccccc1-n1c2ccccc2c2ccccc21.Ic1ccccc1-n1c2ccccc2c2ccccc21. The van der Waals surface area contributed by atoms with Gasteiger partial charge in [-0.2, -0.15) is 0 Å².